The summed E-state index contributed by atoms with van der Waals surface area (Å²) in [7, 11) is 2.49. The van der Waals surface area contributed by atoms with Gasteiger partial charge >= 0.3 is 0 Å². The van der Waals surface area contributed by atoms with E-state index >= 15 is 0 Å². The Bertz CT molecular complexity index is 264. The number of unbranched alkanes of at least 4 members (excludes halogenated alkanes) is 14. The highest BCUT2D eigenvalue weighted by Gasteiger charge is 2.19. The lowest BCUT2D eigenvalue weighted by atomic mass is 10.1. The molecule has 0 saturated heterocycles. The maximum Gasteiger partial charge on any atom is 0.0819 e. The summed E-state index contributed by atoms with van der Waals surface area (Å²) >= 11 is 0. The predicted molar refractivity (Wildman–Crippen MR) is 121 cm³/mol. The molecule has 0 unspecified atom stereocenters. The van der Waals surface area contributed by atoms with Crippen LogP contribution in [-0.4, -0.2) is 31.2 Å². The van der Waals surface area contributed by atoms with Crippen LogP contribution in [0.1, 0.15) is 123 Å². The lowest BCUT2D eigenvalue weighted by Crippen LogP contribution is -2.46. The van der Waals surface area contributed by atoms with E-state index in [0.717, 1.165) is 0 Å². The fourth-order valence-corrected chi connectivity index (χ4v) is 3.99. The van der Waals surface area contributed by atoms with Gasteiger partial charge in [-0.15, -0.1) is 6.58 Å². The van der Waals surface area contributed by atoms with Gasteiger partial charge in [-0.2, -0.15) is 0 Å². The van der Waals surface area contributed by atoms with E-state index in [4.69, 9.17) is 0 Å². The van der Waals surface area contributed by atoms with Crippen molar-refractivity contribution in [1.82, 2.24) is 0 Å². The highest BCUT2D eigenvalue weighted by atomic mass is 15.3. The van der Waals surface area contributed by atoms with Crippen molar-refractivity contribution in [3.63, 3.8) is 0 Å². The van der Waals surface area contributed by atoms with Gasteiger partial charge in [0, 0.05) is 6.42 Å². The maximum atomic E-state index is 3.94. The van der Waals surface area contributed by atoms with Crippen LogP contribution in [0.15, 0.2) is 12.7 Å². The third-order valence-electron chi connectivity index (χ3n) is 5.98. The highest BCUT2D eigenvalue weighted by Crippen LogP contribution is 2.15. The van der Waals surface area contributed by atoms with Gasteiger partial charge < -0.3 is 4.48 Å². The van der Waals surface area contributed by atoms with Crippen LogP contribution in [0.25, 0.3) is 0 Å². The van der Waals surface area contributed by atoms with Gasteiger partial charge in [-0.3, -0.25) is 0 Å². The number of nitrogens with zero attached hydrogens (tertiary/aromatic N) is 1. The molecule has 1 heteroatoms. The molecule has 0 heterocycles. The molecule has 26 heavy (non-hydrogen) atoms. The summed E-state index contributed by atoms with van der Waals surface area (Å²) in [5.74, 6) is 0. The molecule has 1 nitrogen and oxygen atoms in total. The molecule has 156 valence electrons. The average molecular weight is 367 g/mol. The van der Waals surface area contributed by atoms with Crippen molar-refractivity contribution in [2.24, 2.45) is 0 Å². The van der Waals surface area contributed by atoms with Crippen LogP contribution < -0.4 is 0 Å². The van der Waals surface area contributed by atoms with E-state index in [1.807, 2.05) is 0 Å². The molecule has 0 radical (unpaired) electrons. The van der Waals surface area contributed by atoms with Gasteiger partial charge in [-0.1, -0.05) is 97.0 Å². The number of hydrogen-bond acceptors (Lipinski definition) is 0. The van der Waals surface area contributed by atoms with Gasteiger partial charge in [0.25, 0.3) is 0 Å². The molecule has 0 fully saturated rings. The summed E-state index contributed by atoms with van der Waals surface area (Å²) in [6.07, 6.45) is 26.2. The second kappa shape index (κ2) is 19.5. The summed E-state index contributed by atoms with van der Waals surface area (Å²) in [5, 5.41) is 0. The van der Waals surface area contributed by atoms with Crippen LogP contribution in [0.3, 0.4) is 0 Å². The Hall–Kier alpha value is -0.300. The van der Waals surface area contributed by atoms with Crippen molar-refractivity contribution in [3.05, 3.63) is 12.7 Å². The lowest BCUT2D eigenvalue weighted by molar-refractivity contribution is -0.909. The molecule has 0 atom stereocenters. The summed E-state index contributed by atoms with van der Waals surface area (Å²) < 4.78 is 1.28. The van der Waals surface area contributed by atoms with E-state index in [1.54, 1.807) is 0 Å². The van der Waals surface area contributed by atoms with Crippen LogP contribution in [0.4, 0.5) is 0 Å². The summed E-state index contributed by atoms with van der Waals surface area (Å²) in [5.41, 5.74) is 0. The van der Waals surface area contributed by atoms with Gasteiger partial charge in [-0.25, -0.2) is 0 Å². The zero-order valence-corrected chi connectivity index (χ0v) is 18.9. The van der Waals surface area contributed by atoms with Crippen molar-refractivity contribution in [3.8, 4) is 0 Å². The Labute approximate surface area is 167 Å². The van der Waals surface area contributed by atoms with Gasteiger partial charge in [-0.05, 0) is 25.7 Å². The first-order valence-electron chi connectivity index (χ1n) is 12.1. The fourth-order valence-electron chi connectivity index (χ4n) is 3.99. The van der Waals surface area contributed by atoms with Crippen molar-refractivity contribution in [1.29, 1.82) is 0 Å². The molecule has 0 aromatic heterocycles. The van der Waals surface area contributed by atoms with Gasteiger partial charge in [0.15, 0.2) is 0 Å². The van der Waals surface area contributed by atoms with E-state index in [1.165, 1.54) is 133 Å². The maximum absolute atomic E-state index is 3.94. The van der Waals surface area contributed by atoms with Crippen LogP contribution in [-0.2, 0) is 0 Å². The Kier molecular flexibility index (Phi) is 19.2. The summed E-state index contributed by atoms with van der Waals surface area (Å²) in [6, 6.07) is 0. The van der Waals surface area contributed by atoms with Gasteiger partial charge in [0.2, 0.25) is 0 Å². The topological polar surface area (TPSA) is 0 Å². The van der Waals surface area contributed by atoms with Crippen molar-refractivity contribution >= 4 is 0 Å². The van der Waals surface area contributed by atoms with E-state index in [-0.39, 0.29) is 0 Å². The smallest absolute Gasteiger partial charge is 0.0819 e. The van der Waals surface area contributed by atoms with E-state index in [2.05, 4.69) is 33.6 Å². The summed E-state index contributed by atoms with van der Waals surface area (Å²) in [6.45, 7) is 12.6. The van der Waals surface area contributed by atoms with Gasteiger partial charge in [0.1, 0.15) is 0 Å². The summed E-state index contributed by atoms with van der Waals surface area (Å²) in [4.78, 5) is 0. The molecule has 0 aromatic carbocycles. The second-order valence-corrected chi connectivity index (χ2v) is 8.82. The fraction of sp³-hybridized carbons (Fsp3) is 0.920. The zero-order chi connectivity index (χ0) is 19.3. The van der Waals surface area contributed by atoms with Crippen molar-refractivity contribution in [2.45, 2.75) is 123 Å². The van der Waals surface area contributed by atoms with Crippen molar-refractivity contribution in [2.75, 3.05) is 26.7 Å². The SMILES string of the molecule is C=CCC[N+](C)(CCCCCCCCCC)CCCCCCCCCC. The Morgan fingerprint density at radius 2 is 0.885 bits per heavy atom. The molecule has 0 spiro atoms. The second-order valence-electron chi connectivity index (χ2n) is 8.82. The van der Waals surface area contributed by atoms with Gasteiger partial charge in [0.05, 0.1) is 26.7 Å². The Balaban J connectivity index is 3.80. The third kappa shape index (κ3) is 17.1. The minimum atomic E-state index is 1.17. The number of hydrogen-bond donors (Lipinski definition) is 0. The first-order valence-corrected chi connectivity index (χ1v) is 12.1. The molecule has 0 amide bonds. The molecular weight excluding hydrogens is 314 g/mol. The molecule has 0 aliphatic heterocycles. The molecular formula is C25H52N+. The molecule has 0 N–H and O–H groups in total. The minimum absolute atomic E-state index is 1.17. The minimum Gasteiger partial charge on any atom is -0.326 e. The first kappa shape index (κ1) is 25.7. The molecule has 0 aromatic rings. The largest absolute Gasteiger partial charge is 0.326 e. The van der Waals surface area contributed by atoms with E-state index < -0.39 is 0 Å². The third-order valence-corrected chi connectivity index (χ3v) is 5.98. The van der Waals surface area contributed by atoms with Crippen molar-refractivity contribution < 1.29 is 4.48 Å². The zero-order valence-electron chi connectivity index (χ0n) is 18.9. The molecule has 0 aliphatic carbocycles. The molecule has 0 rings (SSSR count). The average Bonchev–Trinajstić information content (AvgIpc) is 2.64. The highest BCUT2D eigenvalue weighted by molar-refractivity contribution is 4.65. The predicted octanol–water partition coefficient (Wildman–Crippen LogP) is 8.29. The Morgan fingerprint density at radius 3 is 1.23 bits per heavy atom. The molecule has 0 saturated carbocycles. The van der Waals surface area contributed by atoms with Crippen LogP contribution in [0.2, 0.25) is 0 Å². The molecule has 0 bridgehead atoms. The van der Waals surface area contributed by atoms with E-state index in [9.17, 15) is 0 Å². The standard InChI is InChI=1S/C25H52N/c1-5-8-11-13-15-17-19-21-24-26(4,23-10-7-3)25-22-20-18-16-14-12-9-6-2/h7H,3,5-6,8-25H2,1-2,4H3/q+1. The van der Waals surface area contributed by atoms with Crippen LogP contribution in [0, 0.1) is 0 Å². The van der Waals surface area contributed by atoms with Crippen LogP contribution in [0.5, 0.6) is 0 Å². The number of quaternary nitrogens is 1. The normalized spacial score (nSPS) is 11.8. The first-order chi connectivity index (χ1) is 12.7. The van der Waals surface area contributed by atoms with E-state index in [0.29, 0.717) is 0 Å². The Morgan fingerprint density at radius 1 is 0.538 bits per heavy atom. The van der Waals surface area contributed by atoms with Crippen LogP contribution >= 0.6 is 0 Å². The quantitative estimate of drug-likeness (QED) is 0.109. The number of rotatable bonds is 21. The molecule has 0 aliphatic rings. The lowest BCUT2D eigenvalue weighted by Gasteiger charge is -2.34. The monoisotopic (exact) mass is 366 g/mol.